The number of benzene rings is 1. The van der Waals surface area contributed by atoms with Crippen LogP contribution < -0.4 is 5.32 Å². The molecule has 2 aromatic rings. The maximum atomic E-state index is 4.38. The molecule has 2 heterocycles. The summed E-state index contributed by atoms with van der Waals surface area (Å²) >= 11 is 0. The quantitative estimate of drug-likeness (QED) is 0.756. The molecule has 0 fully saturated rings. The smallest absolute Gasteiger partial charge is 0.167 e. The molecule has 2 N–H and O–H groups in total. The lowest BCUT2D eigenvalue weighted by atomic mass is 9.96. The molecule has 4 nitrogen and oxygen atoms in total. The van der Waals surface area contributed by atoms with E-state index in [1.807, 2.05) is 6.92 Å². The first-order chi connectivity index (χ1) is 7.83. The number of nitrogens with zero attached hydrogens (tertiary/aromatic N) is 2. The minimum Gasteiger partial charge on any atom is -0.303 e. The number of fused-ring (bicyclic) bond motifs is 1. The largest absolute Gasteiger partial charge is 0.303 e. The van der Waals surface area contributed by atoms with E-state index < -0.39 is 0 Å². The highest BCUT2D eigenvalue weighted by Gasteiger charge is 2.21. The van der Waals surface area contributed by atoms with Crippen LogP contribution in [0.15, 0.2) is 24.3 Å². The summed E-state index contributed by atoms with van der Waals surface area (Å²) in [7, 11) is 0. The predicted molar refractivity (Wildman–Crippen MR) is 60.8 cm³/mol. The van der Waals surface area contributed by atoms with Crippen LogP contribution in [0.5, 0.6) is 0 Å². The fraction of sp³-hybridized carbons (Fsp3) is 0.333. The molecule has 16 heavy (non-hydrogen) atoms. The lowest BCUT2D eigenvalue weighted by molar-refractivity contribution is 0.477. The summed E-state index contributed by atoms with van der Waals surface area (Å²) in [4.78, 5) is 4.38. The second-order valence-electron chi connectivity index (χ2n) is 4.19. The fourth-order valence-electron chi connectivity index (χ4n) is 2.15. The average molecular weight is 214 g/mol. The Hall–Kier alpha value is -1.68. The standard InChI is InChI=1S/C12H14N4/c1-8-14-12(16-15-8)11-6-9-4-2-3-5-10(9)7-13-11/h2-5,11,13H,6-7H2,1H3,(H,14,15,16). The van der Waals surface area contributed by atoms with Gasteiger partial charge in [0.1, 0.15) is 5.82 Å². The van der Waals surface area contributed by atoms with Crippen LogP contribution in [0.25, 0.3) is 0 Å². The molecular formula is C12H14N4. The third kappa shape index (κ3) is 1.61. The summed E-state index contributed by atoms with van der Waals surface area (Å²) in [5.41, 5.74) is 2.78. The number of aromatic nitrogens is 3. The van der Waals surface area contributed by atoms with Crippen LogP contribution in [-0.2, 0) is 13.0 Å². The zero-order chi connectivity index (χ0) is 11.0. The van der Waals surface area contributed by atoms with Gasteiger partial charge < -0.3 is 5.32 Å². The van der Waals surface area contributed by atoms with Gasteiger partial charge in [-0.25, -0.2) is 4.98 Å². The van der Waals surface area contributed by atoms with E-state index >= 15 is 0 Å². The second kappa shape index (κ2) is 3.72. The van der Waals surface area contributed by atoms with E-state index in [0.29, 0.717) is 0 Å². The van der Waals surface area contributed by atoms with E-state index in [4.69, 9.17) is 0 Å². The molecule has 0 aliphatic carbocycles. The summed E-state index contributed by atoms with van der Waals surface area (Å²) < 4.78 is 0. The van der Waals surface area contributed by atoms with Crippen molar-refractivity contribution in [3.63, 3.8) is 0 Å². The van der Waals surface area contributed by atoms with E-state index in [1.165, 1.54) is 11.1 Å². The van der Waals surface area contributed by atoms with Crippen LogP contribution in [0.2, 0.25) is 0 Å². The normalized spacial score (nSPS) is 19.4. The van der Waals surface area contributed by atoms with E-state index in [0.717, 1.165) is 24.6 Å². The Morgan fingerprint density at radius 1 is 1.25 bits per heavy atom. The minimum atomic E-state index is 0.236. The summed E-state index contributed by atoms with van der Waals surface area (Å²) in [6.07, 6.45) is 0.966. The van der Waals surface area contributed by atoms with Crippen LogP contribution in [-0.4, -0.2) is 15.2 Å². The van der Waals surface area contributed by atoms with Crippen LogP contribution in [0.1, 0.15) is 28.8 Å². The molecule has 3 rings (SSSR count). The van der Waals surface area contributed by atoms with Crippen LogP contribution >= 0.6 is 0 Å². The average Bonchev–Trinajstić information content (AvgIpc) is 2.75. The number of aromatic amines is 1. The molecule has 0 amide bonds. The van der Waals surface area contributed by atoms with Crippen molar-refractivity contribution in [1.82, 2.24) is 20.5 Å². The molecule has 0 spiro atoms. The van der Waals surface area contributed by atoms with Gasteiger partial charge in [-0.1, -0.05) is 24.3 Å². The van der Waals surface area contributed by atoms with Crippen molar-refractivity contribution >= 4 is 0 Å². The van der Waals surface area contributed by atoms with Crippen molar-refractivity contribution in [1.29, 1.82) is 0 Å². The SMILES string of the molecule is Cc1nc(C2Cc3ccccc3CN2)n[nH]1. The van der Waals surface area contributed by atoms with E-state index in [9.17, 15) is 0 Å². The van der Waals surface area contributed by atoms with Crippen molar-refractivity contribution in [2.45, 2.75) is 25.9 Å². The Morgan fingerprint density at radius 3 is 2.81 bits per heavy atom. The molecule has 1 atom stereocenters. The third-order valence-electron chi connectivity index (χ3n) is 3.01. The van der Waals surface area contributed by atoms with Gasteiger partial charge >= 0.3 is 0 Å². The Kier molecular flexibility index (Phi) is 2.22. The van der Waals surface area contributed by atoms with Gasteiger partial charge in [-0.2, -0.15) is 5.10 Å². The maximum absolute atomic E-state index is 4.38. The molecule has 1 unspecified atom stereocenters. The van der Waals surface area contributed by atoms with Gasteiger partial charge in [0.15, 0.2) is 5.82 Å². The number of hydrogen-bond donors (Lipinski definition) is 2. The number of rotatable bonds is 1. The monoisotopic (exact) mass is 214 g/mol. The summed E-state index contributed by atoms with van der Waals surface area (Å²) in [5.74, 6) is 1.74. The predicted octanol–water partition coefficient (Wildman–Crippen LogP) is 1.50. The van der Waals surface area contributed by atoms with Crippen molar-refractivity contribution in [2.24, 2.45) is 0 Å². The Bertz CT molecular complexity index is 503. The molecule has 0 saturated carbocycles. The first kappa shape index (κ1) is 9.54. The highest BCUT2D eigenvalue weighted by molar-refractivity contribution is 5.30. The lowest BCUT2D eigenvalue weighted by Gasteiger charge is -2.23. The number of hydrogen-bond acceptors (Lipinski definition) is 3. The maximum Gasteiger partial charge on any atom is 0.167 e. The first-order valence-corrected chi connectivity index (χ1v) is 5.52. The van der Waals surface area contributed by atoms with Gasteiger partial charge in [0, 0.05) is 6.54 Å². The molecule has 1 aromatic heterocycles. The van der Waals surface area contributed by atoms with Crippen LogP contribution in [0, 0.1) is 6.92 Å². The van der Waals surface area contributed by atoms with Gasteiger partial charge in [0.25, 0.3) is 0 Å². The Labute approximate surface area is 94.1 Å². The van der Waals surface area contributed by atoms with Crippen molar-refractivity contribution in [3.8, 4) is 0 Å². The van der Waals surface area contributed by atoms with E-state index in [1.54, 1.807) is 0 Å². The molecule has 4 heteroatoms. The summed E-state index contributed by atoms with van der Waals surface area (Å²) in [6.45, 7) is 2.82. The molecule has 82 valence electrons. The van der Waals surface area contributed by atoms with E-state index in [2.05, 4.69) is 44.8 Å². The van der Waals surface area contributed by atoms with Crippen LogP contribution in [0.3, 0.4) is 0 Å². The van der Waals surface area contributed by atoms with Crippen molar-refractivity contribution in [3.05, 3.63) is 47.0 Å². The topological polar surface area (TPSA) is 53.6 Å². The number of H-pyrrole nitrogens is 1. The number of aryl methyl sites for hydroxylation is 1. The van der Waals surface area contributed by atoms with Gasteiger partial charge in [-0.15, -0.1) is 0 Å². The van der Waals surface area contributed by atoms with Crippen LogP contribution in [0.4, 0.5) is 0 Å². The molecule has 1 aliphatic heterocycles. The summed E-state index contributed by atoms with van der Waals surface area (Å²) in [5, 5.41) is 10.6. The molecule has 0 saturated heterocycles. The molecule has 0 bridgehead atoms. The fourth-order valence-corrected chi connectivity index (χ4v) is 2.15. The Morgan fingerprint density at radius 2 is 2.06 bits per heavy atom. The van der Waals surface area contributed by atoms with Gasteiger partial charge in [-0.05, 0) is 24.5 Å². The zero-order valence-corrected chi connectivity index (χ0v) is 9.20. The first-order valence-electron chi connectivity index (χ1n) is 5.52. The second-order valence-corrected chi connectivity index (χ2v) is 4.19. The van der Waals surface area contributed by atoms with Crippen molar-refractivity contribution < 1.29 is 0 Å². The van der Waals surface area contributed by atoms with Gasteiger partial charge in [-0.3, -0.25) is 5.10 Å². The van der Waals surface area contributed by atoms with E-state index in [-0.39, 0.29) is 6.04 Å². The molecule has 1 aromatic carbocycles. The molecule has 0 radical (unpaired) electrons. The van der Waals surface area contributed by atoms with Gasteiger partial charge in [0.2, 0.25) is 0 Å². The lowest BCUT2D eigenvalue weighted by Crippen LogP contribution is -2.29. The molecule has 1 aliphatic rings. The zero-order valence-electron chi connectivity index (χ0n) is 9.20. The molecular weight excluding hydrogens is 200 g/mol. The third-order valence-corrected chi connectivity index (χ3v) is 3.01. The highest BCUT2D eigenvalue weighted by atomic mass is 15.2. The number of nitrogens with one attached hydrogen (secondary N) is 2. The Balaban J connectivity index is 1.88. The summed E-state index contributed by atoms with van der Waals surface area (Å²) in [6, 6.07) is 8.76. The van der Waals surface area contributed by atoms with Gasteiger partial charge in [0.05, 0.1) is 6.04 Å². The highest BCUT2D eigenvalue weighted by Crippen LogP contribution is 2.23. The van der Waals surface area contributed by atoms with Crippen molar-refractivity contribution in [2.75, 3.05) is 0 Å². The minimum absolute atomic E-state index is 0.236.